The van der Waals surface area contributed by atoms with Crippen LogP contribution in [0.4, 0.5) is 4.79 Å². The summed E-state index contributed by atoms with van der Waals surface area (Å²) in [4.78, 5) is 38.9. The summed E-state index contributed by atoms with van der Waals surface area (Å²) in [6.07, 6.45) is 2.13. The lowest BCUT2D eigenvalue weighted by atomic mass is 9.98. The number of alkyl carbamates (subject to hydrolysis) is 1. The Morgan fingerprint density at radius 1 is 1.06 bits per heavy atom. The first kappa shape index (κ1) is 23.8. The number of carbonyl (C=O) groups is 3. The van der Waals surface area contributed by atoms with E-state index in [1.165, 1.54) is 0 Å². The van der Waals surface area contributed by atoms with Crippen molar-refractivity contribution in [3.63, 3.8) is 0 Å². The van der Waals surface area contributed by atoms with Gasteiger partial charge < -0.3 is 20.1 Å². The van der Waals surface area contributed by atoms with Crippen molar-refractivity contribution in [3.8, 4) is 11.1 Å². The fraction of sp³-hybridized carbons (Fsp3) is 0.444. The maximum absolute atomic E-state index is 13.2. The number of hydrogen-bond acceptors (Lipinski definition) is 4. The second-order valence-corrected chi connectivity index (χ2v) is 9.18. The summed E-state index contributed by atoms with van der Waals surface area (Å²) in [5.74, 6) is -0.817. The van der Waals surface area contributed by atoms with Gasteiger partial charge in [0.1, 0.15) is 12.6 Å². The average molecular weight is 465 g/mol. The Morgan fingerprint density at radius 3 is 2.24 bits per heavy atom. The maximum atomic E-state index is 13.2. The van der Waals surface area contributed by atoms with E-state index >= 15 is 0 Å². The van der Waals surface area contributed by atoms with Gasteiger partial charge in [-0.25, -0.2) is 4.79 Å². The molecule has 7 heteroatoms. The quantitative estimate of drug-likeness (QED) is 0.514. The van der Waals surface area contributed by atoms with Crippen molar-refractivity contribution in [2.75, 3.05) is 19.7 Å². The van der Waals surface area contributed by atoms with Crippen LogP contribution in [-0.4, -0.2) is 53.7 Å². The van der Waals surface area contributed by atoms with Gasteiger partial charge in [-0.15, -0.1) is 0 Å². The number of ether oxygens (including phenoxy) is 1. The summed E-state index contributed by atoms with van der Waals surface area (Å²) in [5, 5.41) is 11.8. The molecular weight excluding hydrogens is 432 g/mol. The van der Waals surface area contributed by atoms with Crippen molar-refractivity contribution in [3.05, 3.63) is 59.7 Å². The fourth-order valence-corrected chi connectivity index (χ4v) is 4.70. The van der Waals surface area contributed by atoms with Crippen LogP contribution < -0.4 is 5.32 Å². The molecular formula is C27H32N2O5. The van der Waals surface area contributed by atoms with Gasteiger partial charge in [0.15, 0.2) is 0 Å². The van der Waals surface area contributed by atoms with Crippen LogP contribution in [0.1, 0.15) is 56.1 Å². The van der Waals surface area contributed by atoms with Crippen molar-refractivity contribution in [1.82, 2.24) is 10.2 Å². The Hall–Kier alpha value is -3.35. The van der Waals surface area contributed by atoms with E-state index in [0.29, 0.717) is 19.0 Å². The molecule has 2 amide bonds. The molecule has 4 rings (SSSR count). The van der Waals surface area contributed by atoms with Gasteiger partial charge >= 0.3 is 12.1 Å². The third kappa shape index (κ3) is 5.58. The molecule has 0 aliphatic heterocycles. The largest absolute Gasteiger partial charge is 0.481 e. The lowest BCUT2D eigenvalue weighted by Gasteiger charge is -2.27. The average Bonchev–Trinajstić information content (AvgIpc) is 3.60. The van der Waals surface area contributed by atoms with Gasteiger partial charge in [0.2, 0.25) is 5.91 Å². The monoisotopic (exact) mass is 464 g/mol. The molecule has 0 radical (unpaired) electrons. The van der Waals surface area contributed by atoms with Gasteiger partial charge in [-0.2, -0.15) is 0 Å². The molecule has 2 N–H and O–H groups in total. The number of carboxylic acid groups (broad SMARTS) is 1. The van der Waals surface area contributed by atoms with E-state index < -0.39 is 18.1 Å². The number of hydrogen-bond donors (Lipinski definition) is 2. The van der Waals surface area contributed by atoms with Gasteiger partial charge in [-0.3, -0.25) is 9.59 Å². The predicted molar refractivity (Wildman–Crippen MR) is 128 cm³/mol. The minimum atomic E-state index is -1.00. The van der Waals surface area contributed by atoms with E-state index in [1.807, 2.05) is 43.3 Å². The Bertz CT molecular complexity index is 1000. The minimum Gasteiger partial charge on any atom is -0.481 e. The smallest absolute Gasteiger partial charge is 0.407 e. The molecule has 0 spiro atoms. The Kier molecular flexibility index (Phi) is 7.50. The van der Waals surface area contributed by atoms with Crippen molar-refractivity contribution >= 4 is 18.0 Å². The molecule has 7 nitrogen and oxygen atoms in total. The zero-order chi connectivity index (χ0) is 24.1. The van der Waals surface area contributed by atoms with E-state index in [9.17, 15) is 14.4 Å². The highest BCUT2D eigenvalue weighted by atomic mass is 16.5. The maximum Gasteiger partial charge on any atom is 0.407 e. The van der Waals surface area contributed by atoms with Gasteiger partial charge in [0.05, 0.1) is 0 Å². The third-order valence-corrected chi connectivity index (χ3v) is 6.56. The van der Waals surface area contributed by atoms with E-state index in [0.717, 1.165) is 41.5 Å². The molecule has 0 bridgehead atoms. The minimum absolute atomic E-state index is 0.0310. The number of carbonyl (C=O) groups excluding carboxylic acids is 2. The van der Waals surface area contributed by atoms with E-state index in [1.54, 1.807) is 4.90 Å². The molecule has 2 aliphatic carbocycles. The van der Waals surface area contributed by atoms with Gasteiger partial charge in [0.25, 0.3) is 0 Å². The summed E-state index contributed by atoms with van der Waals surface area (Å²) in [7, 11) is 0. The third-order valence-electron chi connectivity index (χ3n) is 6.56. The lowest BCUT2D eigenvalue weighted by Crippen LogP contribution is -2.49. The van der Waals surface area contributed by atoms with Crippen molar-refractivity contribution in [2.24, 2.45) is 5.92 Å². The van der Waals surface area contributed by atoms with Crippen molar-refractivity contribution < 1.29 is 24.2 Å². The van der Waals surface area contributed by atoms with E-state index in [4.69, 9.17) is 9.84 Å². The van der Waals surface area contributed by atoms with Crippen LogP contribution in [0, 0.1) is 5.92 Å². The number of aliphatic carboxylic acids is 1. The Morgan fingerprint density at radius 2 is 1.68 bits per heavy atom. The van der Waals surface area contributed by atoms with Crippen LogP contribution in [-0.2, 0) is 14.3 Å². The second kappa shape index (κ2) is 10.7. The van der Waals surface area contributed by atoms with Crippen LogP contribution in [0.2, 0.25) is 0 Å². The normalized spacial score (nSPS) is 15.2. The first-order chi connectivity index (χ1) is 16.5. The summed E-state index contributed by atoms with van der Waals surface area (Å²) in [6.45, 7) is 3.38. The summed E-state index contributed by atoms with van der Waals surface area (Å²) < 4.78 is 5.59. The molecule has 1 fully saturated rings. The van der Waals surface area contributed by atoms with Gasteiger partial charge in [-0.05, 0) is 53.9 Å². The van der Waals surface area contributed by atoms with E-state index in [2.05, 4.69) is 17.4 Å². The zero-order valence-corrected chi connectivity index (χ0v) is 19.5. The summed E-state index contributed by atoms with van der Waals surface area (Å²) in [5.41, 5.74) is 4.48. The number of carboxylic acids is 1. The van der Waals surface area contributed by atoms with Crippen LogP contribution in [0.5, 0.6) is 0 Å². The number of benzene rings is 2. The van der Waals surface area contributed by atoms with Gasteiger partial charge in [-0.1, -0.05) is 55.5 Å². The zero-order valence-electron chi connectivity index (χ0n) is 19.5. The van der Waals surface area contributed by atoms with Crippen molar-refractivity contribution in [1.29, 1.82) is 0 Å². The highest BCUT2D eigenvalue weighted by Gasteiger charge is 2.32. The standard InChI is InChI=1S/C27H32N2O5/c1-2-15-29(16-18-11-12-18)26(32)24(13-14-25(30)31)28-27(33)34-17-23-21-9-5-3-7-19(21)20-8-4-6-10-22(20)23/h3-10,18,23-24H,2,11-17H2,1H3,(H,28,33)(H,30,31). The SMILES string of the molecule is CCCN(CC1CC1)C(=O)C(CCC(=O)O)NC(=O)OCC1c2ccccc2-c2ccccc21. The predicted octanol–water partition coefficient (Wildman–Crippen LogP) is 4.41. The second-order valence-electron chi connectivity index (χ2n) is 9.18. The first-order valence-electron chi connectivity index (χ1n) is 12.1. The molecule has 0 saturated heterocycles. The summed E-state index contributed by atoms with van der Waals surface area (Å²) in [6, 6.07) is 15.2. The van der Waals surface area contributed by atoms with E-state index in [-0.39, 0.29) is 31.3 Å². The molecule has 2 aromatic carbocycles. The van der Waals surface area contributed by atoms with Crippen LogP contribution in [0.3, 0.4) is 0 Å². The van der Waals surface area contributed by atoms with Crippen LogP contribution >= 0.6 is 0 Å². The Labute approximate surface area is 200 Å². The van der Waals surface area contributed by atoms with Crippen LogP contribution in [0.25, 0.3) is 11.1 Å². The first-order valence-corrected chi connectivity index (χ1v) is 12.1. The lowest BCUT2D eigenvalue weighted by molar-refractivity contribution is -0.138. The fourth-order valence-electron chi connectivity index (χ4n) is 4.70. The number of fused-ring (bicyclic) bond motifs is 3. The molecule has 2 aliphatic rings. The molecule has 0 heterocycles. The topological polar surface area (TPSA) is 95.9 Å². The van der Waals surface area contributed by atoms with Crippen molar-refractivity contribution in [2.45, 2.75) is 51.0 Å². The van der Waals surface area contributed by atoms with Gasteiger partial charge in [0, 0.05) is 25.4 Å². The summed E-state index contributed by atoms with van der Waals surface area (Å²) >= 11 is 0. The molecule has 1 atom stereocenters. The molecule has 1 saturated carbocycles. The number of amides is 2. The number of nitrogens with zero attached hydrogens (tertiary/aromatic N) is 1. The number of nitrogens with one attached hydrogen (secondary N) is 1. The molecule has 1 unspecified atom stereocenters. The Balaban J connectivity index is 1.42. The molecule has 34 heavy (non-hydrogen) atoms. The van der Waals surface area contributed by atoms with Crippen LogP contribution in [0.15, 0.2) is 48.5 Å². The highest BCUT2D eigenvalue weighted by Crippen LogP contribution is 2.44. The molecule has 180 valence electrons. The molecule has 0 aromatic heterocycles. The highest BCUT2D eigenvalue weighted by molar-refractivity contribution is 5.86. The number of rotatable bonds is 11. The molecule has 2 aromatic rings.